The molecule has 0 amide bonds. The number of aliphatic imine (C=N–C) groups is 1. The zero-order valence-electron chi connectivity index (χ0n) is 4.95. The van der Waals surface area contributed by atoms with Gasteiger partial charge in [-0.1, -0.05) is 0 Å². The van der Waals surface area contributed by atoms with E-state index in [0.717, 1.165) is 5.96 Å². The normalized spacial score (nSPS) is 7.29. The molecule has 0 aliphatic carbocycles. The molecule has 0 aromatic carbocycles. The lowest BCUT2D eigenvalue weighted by atomic mass is 10.9. The summed E-state index contributed by atoms with van der Waals surface area (Å²) in [5.74, 6) is 0.806. The van der Waals surface area contributed by atoms with Crippen molar-refractivity contribution in [3.63, 3.8) is 0 Å². The number of guanidine groups is 1. The molecule has 3 heteroatoms. The van der Waals surface area contributed by atoms with Crippen LogP contribution in [0.25, 0.3) is 0 Å². The van der Waals surface area contributed by atoms with Crippen LogP contribution in [0.1, 0.15) is 0 Å². The molecule has 0 radical (unpaired) electrons. The molecule has 0 fully saturated rings. The summed E-state index contributed by atoms with van der Waals surface area (Å²) in [6.45, 7) is 0. The average molecular weight is 101 g/mol. The van der Waals surface area contributed by atoms with Crippen molar-refractivity contribution in [3.05, 3.63) is 0 Å². The quantitative estimate of drug-likeness (QED) is 0.316. The lowest BCUT2D eigenvalue weighted by Gasteiger charge is -1.99. The molecular formula is C4H11N3. The van der Waals surface area contributed by atoms with Crippen molar-refractivity contribution in [3.8, 4) is 0 Å². The highest BCUT2D eigenvalue weighted by Crippen LogP contribution is 1.55. The van der Waals surface area contributed by atoms with Crippen LogP contribution in [0.3, 0.4) is 0 Å². The summed E-state index contributed by atoms with van der Waals surface area (Å²) in [6.07, 6.45) is 0. The second-order valence-corrected chi connectivity index (χ2v) is 1.07. The van der Waals surface area contributed by atoms with Gasteiger partial charge in [-0.25, -0.2) is 0 Å². The second-order valence-electron chi connectivity index (χ2n) is 1.07. The molecule has 0 aliphatic rings. The van der Waals surface area contributed by atoms with Gasteiger partial charge in [-0.2, -0.15) is 0 Å². The number of nitrogens with zero attached hydrogens (tertiary/aromatic N) is 1. The van der Waals surface area contributed by atoms with Crippen LogP contribution in [0.15, 0.2) is 4.99 Å². The van der Waals surface area contributed by atoms with Gasteiger partial charge in [0, 0.05) is 21.1 Å². The van der Waals surface area contributed by atoms with Crippen LogP contribution in [-0.2, 0) is 0 Å². The van der Waals surface area contributed by atoms with Crippen LogP contribution < -0.4 is 10.6 Å². The lowest BCUT2D eigenvalue weighted by molar-refractivity contribution is 1.01. The Hall–Kier alpha value is -0.730. The van der Waals surface area contributed by atoms with Crippen LogP contribution in [0.2, 0.25) is 0 Å². The first-order chi connectivity index (χ1) is 3.35. The van der Waals surface area contributed by atoms with Gasteiger partial charge in [-0.05, 0) is 0 Å². The van der Waals surface area contributed by atoms with Crippen molar-refractivity contribution in [1.29, 1.82) is 0 Å². The highest BCUT2D eigenvalue weighted by Gasteiger charge is 1.79. The third-order valence-corrected chi connectivity index (χ3v) is 0.697. The molecule has 3 nitrogen and oxygen atoms in total. The Labute approximate surface area is 43.8 Å². The van der Waals surface area contributed by atoms with Gasteiger partial charge in [0.05, 0.1) is 0 Å². The fraction of sp³-hybridized carbons (Fsp3) is 0.750. The molecule has 0 heterocycles. The van der Waals surface area contributed by atoms with E-state index in [1.54, 1.807) is 7.05 Å². The maximum absolute atomic E-state index is 3.82. The Bertz CT molecular complexity index is 61.3. The standard InChI is InChI=1S/C4H11N3/c1-5-4(6-2)7-3/h1-3H3,(H2,5,6,7). The Kier molecular flexibility index (Phi) is 3.10. The van der Waals surface area contributed by atoms with Crippen molar-refractivity contribution in [1.82, 2.24) is 10.6 Å². The van der Waals surface area contributed by atoms with Gasteiger partial charge in [0.25, 0.3) is 0 Å². The molecule has 0 atom stereocenters. The molecule has 0 spiro atoms. The fourth-order valence-corrected chi connectivity index (χ4v) is 0.349. The summed E-state index contributed by atoms with van der Waals surface area (Å²) >= 11 is 0. The largest absolute Gasteiger partial charge is 0.359 e. The highest BCUT2D eigenvalue weighted by molar-refractivity contribution is 5.78. The van der Waals surface area contributed by atoms with E-state index in [2.05, 4.69) is 15.6 Å². The number of hydrogen-bond donors (Lipinski definition) is 2. The van der Waals surface area contributed by atoms with E-state index in [1.807, 2.05) is 14.1 Å². The Morgan fingerprint density at radius 2 is 1.71 bits per heavy atom. The first-order valence-corrected chi connectivity index (χ1v) is 2.17. The predicted octanol–water partition coefficient (Wildman–Crippen LogP) is -0.589. The van der Waals surface area contributed by atoms with Gasteiger partial charge in [-0.15, -0.1) is 0 Å². The van der Waals surface area contributed by atoms with Gasteiger partial charge >= 0.3 is 0 Å². The predicted molar refractivity (Wildman–Crippen MR) is 31.5 cm³/mol. The van der Waals surface area contributed by atoms with Gasteiger partial charge in [0.15, 0.2) is 5.96 Å². The zero-order chi connectivity index (χ0) is 5.70. The molecule has 0 aromatic heterocycles. The maximum Gasteiger partial charge on any atom is 0.190 e. The molecule has 0 aliphatic heterocycles. The molecule has 0 unspecified atom stereocenters. The van der Waals surface area contributed by atoms with Crippen molar-refractivity contribution >= 4 is 5.96 Å². The smallest absolute Gasteiger partial charge is 0.190 e. The van der Waals surface area contributed by atoms with Gasteiger partial charge in [0.2, 0.25) is 0 Å². The minimum Gasteiger partial charge on any atom is -0.359 e. The number of nitrogens with one attached hydrogen (secondary N) is 2. The molecule has 2 N–H and O–H groups in total. The van der Waals surface area contributed by atoms with Gasteiger partial charge in [-0.3, -0.25) is 4.99 Å². The Balaban J connectivity index is 3.38. The van der Waals surface area contributed by atoms with Gasteiger partial charge in [0.1, 0.15) is 0 Å². The summed E-state index contributed by atoms with van der Waals surface area (Å²) in [5.41, 5.74) is 0. The van der Waals surface area contributed by atoms with Crippen LogP contribution >= 0.6 is 0 Å². The zero-order valence-corrected chi connectivity index (χ0v) is 4.95. The van der Waals surface area contributed by atoms with Crippen LogP contribution in [0.4, 0.5) is 0 Å². The van der Waals surface area contributed by atoms with E-state index in [4.69, 9.17) is 0 Å². The lowest BCUT2D eigenvalue weighted by Crippen LogP contribution is -2.31. The number of rotatable bonds is 0. The molecule has 0 saturated heterocycles. The minimum absolute atomic E-state index is 0.806. The van der Waals surface area contributed by atoms with Crippen molar-refractivity contribution in [2.24, 2.45) is 4.99 Å². The Morgan fingerprint density at radius 1 is 1.29 bits per heavy atom. The molecule has 0 aromatic rings. The van der Waals surface area contributed by atoms with Crippen molar-refractivity contribution < 1.29 is 0 Å². The highest BCUT2D eigenvalue weighted by atomic mass is 15.1. The monoisotopic (exact) mass is 101 g/mol. The van der Waals surface area contributed by atoms with E-state index in [-0.39, 0.29) is 0 Å². The summed E-state index contributed by atoms with van der Waals surface area (Å²) in [7, 11) is 5.36. The second kappa shape index (κ2) is 3.46. The van der Waals surface area contributed by atoms with Crippen LogP contribution in [-0.4, -0.2) is 27.1 Å². The molecule has 7 heavy (non-hydrogen) atoms. The first-order valence-electron chi connectivity index (χ1n) is 2.17. The summed E-state index contributed by atoms with van der Waals surface area (Å²) in [5, 5.41) is 5.68. The van der Waals surface area contributed by atoms with E-state index in [1.165, 1.54) is 0 Å². The van der Waals surface area contributed by atoms with Crippen LogP contribution in [0, 0.1) is 0 Å². The fourth-order valence-electron chi connectivity index (χ4n) is 0.349. The maximum atomic E-state index is 3.82. The van der Waals surface area contributed by atoms with E-state index in [0.29, 0.717) is 0 Å². The molecule has 0 saturated carbocycles. The topological polar surface area (TPSA) is 36.4 Å². The SMILES string of the molecule is CN=C(NC)NC. The Morgan fingerprint density at radius 3 is 1.71 bits per heavy atom. The van der Waals surface area contributed by atoms with Crippen molar-refractivity contribution in [2.75, 3.05) is 21.1 Å². The third kappa shape index (κ3) is 2.03. The van der Waals surface area contributed by atoms with E-state index < -0.39 is 0 Å². The average Bonchev–Trinajstić information content (AvgIpc) is 1.72. The van der Waals surface area contributed by atoms with E-state index >= 15 is 0 Å². The van der Waals surface area contributed by atoms with E-state index in [9.17, 15) is 0 Å². The first kappa shape index (κ1) is 6.27. The van der Waals surface area contributed by atoms with Crippen LogP contribution in [0.5, 0.6) is 0 Å². The summed E-state index contributed by atoms with van der Waals surface area (Å²) in [6, 6.07) is 0. The molecular weight excluding hydrogens is 90.1 g/mol. The summed E-state index contributed by atoms with van der Waals surface area (Å²) in [4.78, 5) is 3.82. The third-order valence-electron chi connectivity index (χ3n) is 0.697. The van der Waals surface area contributed by atoms with Crippen molar-refractivity contribution in [2.45, 2.75) is 0 Å². The summed E-state index contributed by atoms with van der Waals surface area (Å²) < 4.78 is 0. The number of hydrogen-bond acceptors (Lipinski definition) is 1. The molecule has 42 valence electrons. The molecule has 0 rings (SSSR count). The minimum atomic E-state index is 0.806. The van der Waals surface area contributed by atoms with Gasteiger partial charge < -0.3 is 10.6 Å². The molecule has 0 bridgehead atoms.